The van der Waals surface area contributed by atoms with Crippen LogP contribution >= 0.6 is 15.9 Å². The smallest absolute Gasteiger partial charge is 0.213 e. The van der Waals surface area contributed by atoms with Crippen molar-refractivity contribution in [3.05, 3.63) is 0 Å². The molecule has 0 saturated heterocycles. The van der Waals surface area contributed by atoms with E-state index in [0.29, 0.717) is 6.54 Å². The second-order valence-corrected chi connectivity index (χ2v) is 5.89. The van der Waals surface area contributed by atoms with Crippen LogP contribution in [-0.4, -0.2) is 39.3 Å². The monoisotopic (exact) mass is 273 g/mol. The number of alkyl halides is 1. The van der Waals surface area contributed by atoms with Crippen molar-refractivity contribution in [1.29, 1.82) is 0 Å². The molecule has 4 nitrogen and oxygen atoms in total. The lowest BCUT2D eigenvalue weighted by Gasteiger charge is -2.08. The Bertz CT molecular complexity index is 218. The number of hydrogen-bond acceptors (Lipinski definition) is 3. The fourth-order valence-electron chi connectivity index (χ4n) is 0.627. The summed E-state index contributed by atoms with van der Waals surface area (Å²) in [5, 5.41) is 0. The molecule has 0 aromatic rings. The normalized spacial score (nSPS) is 14.4. The van der Waals surface area contributed by atoms with Gasteiger partial charge in [-0.15, -0.1) is 0 Å². The van der Waals surface area contributed by atoms with E-state index in [9.17, 15) is 8.42 Å². The molecule has 6 heteroatoms. The molecule has 0 aromatic carbocycles. The number of halogens is 1. The average Bonchev–Trinajstić information content (AvgIpc) is 2.11. The molecule has 1 atom stereocenters. The minimum absolute atomic E-state index is 0.0208. The molecular formula is C7H16BrNO3S. The summed E-state index contributed by atoms with van der Waals surface area (Å²) in [6.45, 7) is 2.65. The second-order valence-electron chi connectivity index (χ2n) is 2.67. The first-order valence-electron chi connectivity index (χ1n) is 4.12. The van der Waals surface area contributed by atoms with Gasteiger partial charge in [0.25, 0.3) is 0 Å². The van der Waals surface area contributed by atoms with Gasteiger partial charge in [-0.05, 0) is 6.42 Å². The molecule has 0 aromatic heterocycles. The van der Waals surface area contributed by atoms with E-state index < -0.39 is 10.0 Å². The molecule has 0 bridgehead atoms. The predicted octanol–water partition coefficient (Wildman–Crippen LogP) is 0.726. The van der Waals surface area contributed by atoms with Crippen LogP contribution in [-0.2, 0) is 14.8 Å². The van der Waals surface area contributed by atoms with Crippen molar-refractivity contribution in [3.8, 4) is 0 Å². The van der Waals surface area contributed by atoms with Crippen molar-refractivity contribution in [2.24, 2.45) is 0 Å². The van der Waals surface area contributed by atoms with Gasteiger partial charge in [0.1, 0.15) is 0 Å². The van der Waals surface area contributed by atoms with Crippen LogP contribution in [0.2, 0.25) is 0 Å². The highest BCUT2D eigenvalue weighted by atomic mass is 79.9. The number of ether oxygens (including phenoxy) is 1. The third kappa shape index (κ3) is 7.42. The van der Waals surface area contributed by atoms with Gasteiger partial charge in [0.2, 0.25) is 10.0 Å². The molecule has 0 radical (unpaired) electrons. The number of hydrogen-bond donors (Lipinski definition) is 1. The molecular weight excluding hydrogens is 258 g/mol. The SMILES string of the molecule is CCC(Br)CNS(=O)(=O)CCOC. The number of nitrogens with one attached hydrogen (secondary N) is 1. The van der Waals surface area contributed by atoms with Crippen molar-refractivity contribution < 1.29 is 13.2 Å². The Balaban J connectivity index is 3.76. The Morgan fingerprint density at radius 2 is 2.15 bits per heavy atom. The maximum Gasteiger partial charge on any atom is 0.213 e. The summed E-state index contributed by atoms with van der Waals surface area (Å²) in [5.74, 6) is 0.0208. The third-order valence-corrected chi connectivity index (χ3v) is 3.81. The molecule has 0 aliphatic carbocycles. The first kappa shape index (κ1) is 13.4. The summed E-state index contributed by atoms with van der Waals surface area (Å²) in [4.78, 5) is 0.199. The lowest BCUT2D eigenvalue weighted by molar-refractivity contribution is 0.217. The summed E-state index contributed by atoms with van der Waals surface area (Å²) < 4.78 is 29.6. The Morgan fingerprint density at radius 3 is 2.62 bits per heavy atom. The van der Waals surface area contributed by atoms with Crippen molar-refractivity contribution in [2.75, 3.05) is 26.0 Å². The van der Waals surface area contributed by atoms with Gasteiger partial charge in [0.05, 0.1) is 12.4 Å². The summed E-state index contributed by atoms with van der Waals surface area (Å²) in [6, 6.07) is 0. The van der Waals surface area contributed by atoms with Gasteiger partial charge in [0, 0.05) is 18.5 Å². The predicted molar refractivity (Wildman–Crippen MR) is 56.7 cm³/mol. The molecule has 0 aliphatic rings. The maximum atomic E-state index is 11.2. The standard InChI is InChI=1S/C7H16BrNO3S/c1-3-7(8)6-9-13(10,11)5-4-12-2/h7,9H,3-6H2,1-2H3. The van der Waals surface area contributed by atoms with Crippen LogP contribution in [0.4, 0.5) is 0 Å². The fourth-order valence-corrected chi connectivity index (χ4v) is 1.99. The molecule has 0 aliphatic heterocycles. The number of rotatable bonds is 7. The zero-order valence-corrected chi connectivity index (χ0v) is 10.3. The highest BCUT2D eigenvalue weighted by molar-refractivity contribution is 9.09. The van der Waals surface area contributed by atoms with Crippen LogP contribution in [0.1, 0.15) is 13.3 Å². The highest BCUT2D eigenvalue weighted by Crippen LogP contribution is 2.02. The van der Waals surface area contributed by atoms with Crippen LogP contribution in [0.5, 0.6) is 0 Å². The fraction of sp³-hybridized carbons (Fsp3) is 1.00. The average molecular weight is 274 g/mol. The van der Waals surface area contributed by atoms with Crippen LogP contribution < -0.4 is 4.72 Å². The first-order chi connectivity index (χ1) is 6.02. The van der Waals surface area contributed by atoms with Gasteiger partial charge >= 0.3 is 0 Å². The van der Waals surface area contributed by atoms with Crippen molar-refractivity contribution in [2.45, 2.75) is 18.2 Å². The Kier molecular flexibility index (Phi) is 6.93. The second kappa shape index (κ2) is 6.75. The highest BCUT2D eigenvalue weighted by Gasteiger charge is 2.11. The van der Waals surface area contributed by atoms with Crippen LogP contribution in [0, 0.1) is 0 Å². The molecule has 80 valence electrons. The zero-order valence-electron chi connectivity index (χ0n) is 7.92. The van der Waals surface area contributed by atoms with Gasteiger partial charge in [-0.2, -0.15) is 0 Å². The van der Waals surface area contributed by atoms with E-state index in [-0.39, 0.29) is 17.2 Å². The van der Waals surface area contributed by atoms with Gasteiger partial charge in [0.15, 0.2) is 0 Å². The van der Waals surface area contributed by atoms with Gasteiger partial charge < -0.3 is 4.74 Å². The van der Waals surface area contributed by atoms with E-state index >= 15 is 0 Å². The Morgan fingerprint density at radius 1 is 1.54 bits per heavy atom. The summed E-state index contributed by atoms with van der Waals surface area (Å²) >= 11 is 3.34. The van der Waals surface area contributed by atoms with Gasteiger partial charge in [-0.1, -0.05) is 22.9 Å². The lowest BCUT2D eigenvalue weighted by Crippen LogP contribution is -2.32. The van der Waals surface area contributed by atoms with Crippen LogP contribution in [0.25, 0.3) is 0 Å². The largest absolute Gasteiger partial charge is 0.384 e. The van der Waals surface area contributed by atoms with Crippen LogP contribution in [0.15, 0.2) is 0 Å². The minimum atomic E-state index is -3.15. The van der Waals surface area contributed by atoms with E-state index in [1.165, 1.54) is 7.11 Å². The summed E-state index contributed by atoms with van der Waals surface area (Å²) in [5.41, 5.74) is 0. The maximum absolute atomic E-state index is 11.2. The third-order valence-electron chi connectivity index (χ3n) is 1.52. The molecule has 13 heavy (non-hydrogen) atoms. The lowest BCUT2D eigenvalue weighted by atomic mass is 10.3. The molecule has 0 rings (SSSR count). The number of sulfonamides is 1. The topological polar surface area (TPSA) is 55.4 Å². The molecule has 0 saturated carbocycles. The quantitative estimate of drug-likeness (QED) is 0.696. The minimum Gasteiger partial charge on any atom is -0.384 e. The Labute approximate surface area is 88.2 Å². The summed E-state index contributed by atoms with van der Waals surface area (Å²) in [7, 11) is -1.67. The molecule has 0 amide bonds. The van der Waals surface area contributed by atoms with E-state index in [0.717, 1.165) is 6.42 Å². The first-order valence-corrected chi connectivity index (χ1v) is 6.69. The van der Waals surface area contributed by atoms with E-state index in [2.05, 4.69) is 25.4 Å². The van der Waals surface area contributed by atoms with Gasteiger partial charge in [-0.25, -0.2) is 13.1 Å². The van der Waals surface area contributed by atoms with Crippen molar-refractivity contribution in [1.82, 2.24) is 4.72 Å². The van der Waals surface area contributed by atoms with Crippen LogP contribution in [0.3, 0.4) is 0 Å². The number of methoxy groups -OCH3 is 1. The molecule has 0 heterocycles. The summed E-state index contributed by atoms with van der Waals surface area (Å²) in [6.07, 6.45) is 0.896. The molecule has 0 fully saturated rings. The van der Waals surface area contributed by atoms with E-state index in [1.807, 2.05) is 6.92 Å². The van der Waals surface area contributed by atoms with Crippen molar-refractivity contribution >= 4 is 26.0 Å². The van der Waals surface area contributed by atoms with Crippen molar-refractivity contribution in [3.63, 3.8) is 0 Å². The van der Waals surface area contributed by atoms with E-state index in [1.54, 1.807) is 0 Å². The molecule has 1 unspecified atom stereocenters. The van der Waals surface area contributed by atoms with Gasteiger partial charge in [-0.3, -0.25) is 0 Å². The Hall–Kier alpha value is 0.350. The zero-order chi connectivity index (χ0) is 10.3. The molecule has 0 spiro atoms. The van der Waals surface area contributed by atoms with E-state index in [4.69, 9.17) is 0 Å². The molecule has 1 N–H and O–H groups in total.